The second-order valence-electron chi connectivity index (χ2n) is 4.92. The highest BCUT2D eigenvalue weighted by Gasteiger charge is 2.19. The van der Waals surface area contributed by atoms with E-state index in [0.717, 1.165) is 12.6 Å². The van der Waals surface area contributed by atoms with Gasteiger partial charge in [0.1, 0.15) is 0 Å². The van der Waals surface area contributed by atoms with Gasteiger partial charge in [0.2, 0.25) is 0 Å². The minimum atomic E-state index is 0.868. The summed E-state index contributed by atoms with van der Waals surface area (Å²) in [5.41, 5.74) is 1.26. The van der Waals surface area contributed by atoms with E-state index in [9.17, 15) is 0 Å². The van der Waals surface area contributed by atoms with Gasteiger partial charge in [0, 0.05) is 18.8 Å². The minimum Gasteiger partial charge on any atom is -0.314 e. The van der Waals surface area contributed by atoms with Gasteiger partial charge in [-0.2, -0.15) is 5.10 Å². The fourth-order valence-corrected chi connectivity index (χ4v) is 1.94. The molecule has 0 saturated heterocycles. The first-order chi connectivity index (χ1) is 7.84. The Bertz CT molecular complexity index is 302. The summed E-state index contributed by atoms with van der Waals surface area (Å²) in [7, 11) is 0. The van der Waals surface area contributed by atoms with E-state index in [0.29, 0.717) is 0 Å². The third kappa shape index (κ3) is 4.35. The SMILES string of the molecule is Cc1cnn(CCCCCCNC2CC2)c1. The molecule has 0 bridgehead atoms. The molecule has 3 nitrogen and oxygen atoms in total. The zero-order chi connectivity index (χ0) is 11.2. The minimum absolute atomic E-state index is 0.868. The zero-order valence-corrected chi connectivity index (χ0v) is 10.3. The van der Waals surface area contributed by atoms with Crippen molar-refractivity contribution >= 4 is 0 Å². The molecule has 1 aliphatic carbocycles. The maximum absolute atomic E-state index is 4.29. The predicted octanol–water partition coefficient (Wildman–Crippen LogP) is 2.50. The maximum atomic E-state index is 4.29. The first-order valence-corrected chi connectivity index (χ1v) is 6.57. The summed E-state index contributed by atoms with van der Waals surface area (Å²) in [6.07, 6.45) is 12.1. The maximum Gasteiger partial charge on any atom is 0.0518 e. The van der Waals surface area contributed by atoms with Crippen LogP contribution in [-0.4, -0.2) is 22.4 Å². The van der Waals surface area contributed by atoms with E-state index >= 15 is 0 Å². The second-order valence-corrected chi connectivity index (χ2v) is 4.92. The molecule has 0 unspecified atom stereocenters. The van der Waals surface area contributed by atoms with Crippen molar-refractivity contribution < 1.29 is 0 Å². The van der Waals surface area contributed by atoms with Crippen LogP contribution in [0, 0.1) is 6.92 Å². The molecule has 90 valence electrons. The van der Waals surface area contributed by atoms with Gasteiger partial charge < -0.3 is 5.32 Å². The van der Waals surface area contributed by atoms with E-state index in [2.05, 4.69) is 28.2 Å². The number of nitrogens with one attached hydrogen (secondary N) is 1. The summed E-state index contributed by atoms with van der Waals surface area (Å²) < 4.78 is 2.05. The first kappa shape index (κ1) is 11.6. The van der Waals surface area contributed by atoms with E-state index in [-0.39, 0.29) is 0 Å². The molecule has 1 aromatic rings. The van der Waals surface area contributed by atoms with Crippen LogP contribution in [0.5, 0.6) is 0 Å². The average molecular weight is 221 g/mol. The molecule has 1 fully saturated rings. The van der Waals surface area contributed by atoms with Gasteiger partial charge in [-0.3, -0.25) is 4.68 Å². The van der Waals surface area contributed by atoms with Crippen molar-refractivity contribution in [1.29, 1.82) is 0 Å². The molecule has 0 spiro atoms. The Morgan fingerprint density at radius 2 is 2.12 bits per heavy atom. The van der Waals surface area contributed by atoms with Crippen LogP contribution in [0.2, 0.25) is 0 Å². The Hall–Kier alpha value is -0.830. The standard InChI is InChI=1S/C13H23N3/c1-12-10-15-16(11-12)9-5-3-2-4-8-14-13-6-7-13/h10-11,13-14H,2-9H2,1H3. The highest BCUT2D eigenvalue weighted by atomic mass is 15.3. The van der Waals surface area contributed by atoms with Crippen molar-refractivity contribution in [2.45, 2.75) is 58.0 Å². The molecule has 0 aromatic carbocycles. The Labute approximate surface area is 98.2 Å². The summed E-state index contributed by atoms with van der Waals surface area (Å²) in [6.45, 7) is 4.38. The fraction of sp³-hybridized carbons (Fsp3) is 0.769. The van der Waals surface area contributed by atoms with Crippen molar-refractivity contribution in [2.75, 3.05) is 6.54 Å². The van der Waals surface area contributed by atoms with Gasteiger partial charge in [0.25, 0.3) is 0 Å². The van der Waals surface area contributed by atoms with Crippen LogP contribution in [-0.2, 0) is 6.54 Å². The highest BCUT2D eigenvalue weighted by Crippen LogP contribution is 2.18. The molecule has 1 saturated carbocycles. The lowest BCUT2D eigenvalue weighted by molar-refractivity contribution is 0.524. The third-order valence-corrected chi connectivity index (χ3v) is 3.09. The normalized spacial score (nSPS) is 15.6. The lowest BCUT2D eigenvalue weighted by Crippen LogP contribution is -2.17. The molecular formula is C13H23N3. The van der Waals surface area contributed by atoms with Crippen LogP contribution in [0.25, 0.3) is 0 Å². The molecule has 2 rings (SSSR count). The lowest BCUT2D eigenvalue weighted by Gasteiger charge is -2.03. The summed E-state index contributed by atoms with van der Waals surface area (Å²) in [5.74, 6) is 0. The topological polar surface area (TPSA) is 29.9 Å². The van der Waals surface area contributed by atoms with Gasteiger partial charge in [-0.05, 0) is 44.7 Å². The van der Waals surface area contributed by atoms with Gasteiger partial charge >= 0.3 is 0 Å². The molecule has 3 heteroatoms. The van der Waals surface area contributed by atoms with Crippen LogP contribution >= 0.6 is 0 Å². The Morgan fingerprint density at radius 3 is 2.81 bits per heavy atom. The zero-order valence-electron chi connectivity index (χ0n) is 10.3. The van der Waals surface area contributed by atoms with Crippen molar-refractivity contribution in [1.82, 2.24) is 15.1 Å². The van der Waals surface area contributed by atoms with E-state index in [1.54, 1.807) is 0 Å². The molecule has 0 aliphatic heterocycles. The van der Waals surface area contributed by atoms with Gasteiger partial charge in [-0.25, -0.2) is 0 Å². The van der Waals surface area contributed by atoms with E-state index < -0.39 is 0 Å². The van der Waals surface area contributed by atoms with Crippen molar-refractivity contribution in [3.63, 3.8) is 0 Å². The van der Waals surface area contributed by atoms with Gasteiger partial charge in [0.05, 0.1) is 6.20 Å². The quantitative estimate of drug-likeness (QED) is 0.684. The average Bonchev–Trinajstić information content (AvgIpc) is 3.00. The number of unbranched alkanes of at least 4 members (excludes halogenated alkanes) is 3. The smallest absolute Gasteiger partial charge is 0.0518 e. The van der Waals surface area contributed by atoms with Crippen molar-refractivity contribution in [3.05, 3.63) is 18.0 Å². The number of aromatic nitrogens is 2. The van der Waals surface area contributed by atoms with Gasteiger partial charge in [-0.15, -0.1) is 0 Å². The van der Waals surface area contributed by atoms with E-state index in [4.69, 9.17) is 0 Å². The van der Waals surface area contributed by atoms with Gasteiger partial charge in [0.15, 0.2) is 0 Å². The molecule has 0 amide bonds. The molecule has 1 N–H and O–H groups in total. The first-order valence-electron chi connectivity index (χ1n) is 6.57. The van der Waals surface area contributed by atoms with Crippen LogP contribution in [0.1, 0.15) is 44.1 Å². The van der Waals surface area contributed by atoms with Crippen LogP contribution in [0.3, 0.4) is 0 Å². The van der Waals surface area contributed by atoms with Crippen molar-refractivity contribution in [2.24, 2.45) is 0 Å². The largest absolute Gasteiger partial charge is 0.314 e. The van der Waals surface area contributed by atoms with Crippen LogP contribution in [0.15, 0.2) is 12.4 Å². The summed E-state index contributed by atoms with van der Waals surface area (Å²) in [4.78, 5) is 0. The molecule has 1 aliphatic rings. The molecular weight excluding hydrogens is 198 g/mol. The molecule has 0 radical (unpaired) electrons. The molecule has 1 heterocycles. The number of hydrogen-bond acceptors (Lipinski definition) is 2. The number of nitrogens with zero attached hydrogens (tertiary/aromatic N) is 2. The number of rotatable bonds is 8. The summed E-state index contributed by atoms with van der Waals surface area (Å²) in [6, 6.07) is 0.868. The summed E-state index contributed by atoms with van der Waals surface area (Å²) >= 11 is 0. The number of aryl methyl sites for hydroxylation is 2. The Kier molecular flexibility index (Phi) is 4.40. The highest BCUT2D eigenvalue weighted by molar-refractivity contribution is 4.99. The Balaban J connectivity index is 1.42. The number of hydrogen-bond donors (Lipinski definition) is 1. The second kappa shape index (κ2) is 6.04. The van der Waals surface area contributed by atoms with Crippen molar-refractivity contribution in [3.8, 4) is 0 Å². The third-order valence-electron chi connectivity index (χ3n) is 3.09. The van der Waals surface area contributed by atoms with E-state index in [1.165, 1.54) is 50.6 Å². The van der Waals surface area contributed by atoms with Crippen LogP contribution in [0.4, 0.5) is 0 Å². The monoisotopic (exact) mass is 221 g/mol. The fourth-order valence-electron chi connectivity index (χ4n) is 1.94. The summed E-state index contributed by atoms with van der Waals surface area (Å²) in [5, 5.41) is 7.84. The molecule has 1 aromatic heterocycles. The lowest BCUT2D eigenvalue weighted by atomic mass is 10.2. The van der Waals surface area contributed by atoms with Gasteiger partial charge in [-0.1, -0.05) is 12.8 Å². The molecule has 0 atom stereocenters. The van der Waals surface area contributed by atoms with E-state index in [1.807, 2.05) is 6.20 Å². The van der Waals surface area contributed by atoms with Crippen LogP contribution < -0.4 is 5.32 Å². The Morgan fingerprint density at radius 1 is 1.31 bits per heavy atom. The predicted molar refractivity (Wildman–Crippen MR) is 66.5 cm³/mol. The molecule has 16 heavy (non-hydrogen) atoms.